The third-order valence-corrected chi connectivity index (χ3v) is 4.81. The second kappa shape index (κ2) is 7.20. The molecule has 0 bridgehead atoms. The average Bonchev–Trinajstić information content (AvgIpc) is 2.74. The number of ether oxygens (including phenoxy) is 1. The zero-order chi connectivity index (χ0) is 17.0. The number of rotatable bonds is 5. The molecule has 1 N–H and O–H groups in total. The second-order valence-electron chi connectivity index (χ2n) is 6.54. The van der Waals surface area contributed by atoms with Crippen LogP contribution in [-0.4, -0.2) is 35.5 Å². The lowest BCUT2D eigenvalue weighted by Crippen LogP contribution is -2.46. The maximum atomic E-state index is 12.8. The van der Waals surface area contributed by atoms with Gasteiger partial charge in [-0.25, -0.2) is 9.18 Å². The first-order valence-electron chi connectivity index (χ1n) is 8.63. The lowest BCUT2D eigenvalue weighted by molar-refractivity contribution is -0.131. The van der Waals surface area contributed by atoms with E-state index in [9.17, 15) is 14.0 Å². The summed E-state index contributed by atoms with van der Waals surface area (Å²) in [6.07, 6.45) is 6.22. The zero-order valence-electron chi connectivity index (χ0n) is 13.7. The van der Waals surface area contributed by atoms with Crippen LogP contribution in [0.3, 0.4) is 0 Å². The summed E-state index contributed by atoms with van der Waals surface area (Å²) in [7, 11) is 0. The van der Waals surface area contributed by atoms with E-state index in [2.05, 4.69) is 5.32 Å². The Bertz CT molecular complexity index is 595. The molecule has 0 radical (unpaired) electrons. The first kappa shape index (κ1) is 16.7. The lowest BCUT2D eigenvalue weighted by Gasteiger charge is -2.24. The van der Waals surface area contributed by atoms with E-state index in [1.165, 1.54) is 17.0 Å². The van der Waals surface area contributed by atoms with E-state index in [0.717, 1.165) is 38.5 Å². The molecule has 0 aromatic heterocycles. The van der Waals surface area contributed by atoms with Crippen molar-refractivity contribution in [3.05, 3.63) is 30.1 Å². The van der Waals surface area contributed by atoms with Crippen molar-refractivity contribution in [1.29, 1.82) is 0 Å². The van der Waals surface area contributed by atoms with E-state index in [4.69, 9.17) is 4.74 Å². The molecule has 0 atom stereocenters. The summed E-state index contributed by atoms with van der Waals surface area (Å²) >= 11 is 0. The number of hydrogen-bond donors (Lipinski definition) is 1. The van der Waals surface area contributed by atoms with E-state index in [0.29, 0.717) is 25.3 Å². The Hall–Kier alpha value is -2.11. The van der Waals surface area contributed by atoms with Crippen LogP contribution in [0.2, 0.25) is 0 Å². The van der Waals surface area contributed by atoms with Gasteiger partial charge >= 0.3 is 6.03 Å². The number of carbonyl (C=O) groups excluding carboxylic acids is 2. The molecule has 1 aliphatic carbocycles. The zero-order valence-corrected chi connectivity index (χ0v) is 13.7. The van der Waals surface area contributed by atoms with Crippen LogP contribution >= 0.6 is 0 Å². The van der Waals surface area contributed by atoms with Gasteiger partial charge < -0.3 is 10.1 Å². The van der Waals surface area contributed by atoms with Crippen LogP contribution in [-0.2, 0) is 4.79 Å². The van der Waals surface area contributed by atoms with Crippen molar-refractivity contribution < 1.29 is 18.7 Å². The molecular weight excluding hydrogens is 311 g/mol. The van der Waals surface area contributed by atoms with Crippen LogP contribution in [0.4, 0.5) is 9.18 Å². The largest absolute Gasteiger partial charge is 0.494 e. The van der Waals surface area contributed by atoms with Crippen LogP contribution < -0.4 is 10.1 Å². The Morgan fingerprint density at radius 2 is 1.75 bits per heavy atom. The van der Waals surface area contributed by atoms with Gasteiger partial charge in [0.1, 0.15) is 17.1 Å². The normalized spacial score (nSPS) is 20.1. The summed E-state index contributed by atoms with van der Waals surface area (Å²) in [6.45, 7) is 0.712. The number of halogens is 1. The maximum Gasteiger partial charge on any atom is 0.325 e. The average molecular weight is 334 g/mol. The second-order valence-corrected chi connectivity index (χ2v) is 6.54. The number of imide groups is 1. The van der Waals surface area contributed by atoms with Gasteiger partial charge in [-0.15, -0.1) is 0 Å². The third-order valence-electron chi connectivity index (χ3n) is 4.81. The number of nitrogens with zero attached hydrogens (tertiary/aromatic N) is 1. The Labute approximate surface area is 141 Å². The highest BCUT2D eigenvalue weighted by molar-refractivity contribution is 6.07. The molecule has 2 aliphatic rings. The van der Waals surface area contributed by atoms with Crippen molar-refractivity contribution in [1.82, 2.24) is 10.2 Å². The molecule has 5 nitrogen and oxygen atoms in total. The predicted octanol–water partition coefficient (Wildman–Crippen LogP) is 3.24. The third kappa shape index (κ3) is 3.52. The quantitative estimate of drug-likeness (QED) is 0.664. The molecule has 1 spiro atoms. The number of carbonyl (C=O) groups is 2. The van der Waals surface area contributed by atoms with Crippen molar-refractivity contribution in [2.45, 2.75) is 50.5 Å². The fourth-order valence-corrected chi connectivity index (χ4v) is 3.49. The highest BCUT2D eigenvalue weighted by atomic mass is 19.1. The molecule has 130 valence electrons. The first-order valence-corrected chi connectivity index (χ1v) is 8.63. The van der Waals surface area contributed by atoms with Crippen molar-refractivity contribution in [2.75, 3.05) is 13.2 Å². The highest BCUT2D eigenvalue weighted by Gasteiger charge is 2.50. The van der Waals surface area contributed by atoms with Gasteiger partial charge in [-0.3, -0.25) is 9.69 Å². The molecule has 1 heterocycles. The molecule has 3 rings (SSSR count). The van der Waals surface area contributed by atoms with Gasteiger partial charge in [-0.1, -0.05) is 25.7 Å². The van der Waals surface area contributed by atoms with Gasteiger partial charge in [-0.05, 0) is 43.5 Å². The summed E-state index contributed by atoms with van der Waals surface area (Å²) in [5.41, 5.74) is -0.675. The fourth-order valence-electron chi connectivity index (χ4n) is 3.49. The highest BCUT2D eigenvalue weighted by Crippen LogP contribution is 2.32. The van der Waals surface area contributed by atoms with E-state index in [1.54, 1.807) is 12.1 Å². The van der Waals surface area contributed by atoms with Gasteiger partial charge in [0.25, 0.3) is 5.91 Å². The summed E-state index contributed by atoms with van der Waals surface area (Å²) in [5.74, 6) is 0.181. The number of benzene rings is 1. The Kier molecular flexibility index (Phi) is 5.02. The van der Waals surface area contributed by atoms with Crippen molar-refractivity contribution in [3.8, 4) is 5.75 Å². The predicted molar refractivity (Wildman–Crippen MR) is 87.2 cm³/mol. The van der Waals surface area contributed by atoms with Crippen molar-refractivity contribution in [3.63, 3.8) is 0 Å². The molecule has 3 amide bonds. The Balaban J connectivity index is 1.50. The van der Waals surface area contributed by atoms with Crippen LogP contribution in [0.15, 0.2) is 24.3 Å². The minimum atomic E-state index is -0.675. The molecular formula is C18H23FN2O3. The number of nitrogens with one attached hydrogen (secondary N) is 1. The minimum Gasteiger partial charge on any atom is -0.494 e. The first-order chi connectivity index (χ1) is 11.6. The maximum absolute atomic E-state index is 12.8. The molecule has 1 aromatic carbocycles. The van der Waals surface area contributed by atoms with Gasteiger partial charge in [-0.2, -0.15) is 0 Å². The Morgan fingerprint density at radius 3 is 2.42 bits per heavy atom. The molecule has 2 fully saturated rings. The monoisotopic (exact) mass is 334 g/mol. The van der Waals surface area contributed by atoms with Gasteiger partial charge in [0.15, 0.2) is 0 Å². The number of amides is 3. The minimum absolute atomic E-state index is 0.0869. The lowest BCUT2D eigenvalue weighted by atomic mass is 9.90. The Morgan fingerprint density at radius 1 is 1.08 bits per heavy atom. The molecule has 0 unspecified atom stereocenters. The fraction of sp³-hybridized carbons (Fsp3) is 0.556. The van der Waals surface area contributed by atoms with Crippen molar-refractivity contribution >= 4 is 11.9 Å². The van der Waals surface area contributed by atoms with E-state index >= 15 is 0 Å². The van der Waals surface area contributed by atoms with Gasteiger partial charge in [0, 0.05) is 6.54 Å². The van der Waals surface area contributed by atoms with Crippen LogP contribution in [0, 0.1) is 5.82 Å². The molecule has 6 heteroatoms. The topological polar surface area (TPSA) is 58.6 Å². The summed E-state index contributed by atoms with van der Waals surface area (Å²) in [4.78, 5) is 26.2. The van der Waals surface area contributed by atoms with Gasteiger partial charge in [0.05, 0.1) is 6.61 Å². The summed E-state index contributed by atoms with van der Waals surface area (Å²) < 4.78 is 18.3. The van der Waals surface area contributed by atoms with E-state index in [-0.39, 0.29) is 17.8 Å². The molecule has 24 heavy (non-hydrogen) atoms. The number of hydrogen-bond acceptors (Lipinski definition) is 3. The van der Waals surface area contributed by atoms with Crippen LogP contribution in [0.1, 0.15) is 44.9 Å². The molecule has 1 saturated heterocycles. The van der Waals surface area contributed by atoms with E-state index in [1.807, 2.05) is 0 Å². The molecule has 1 aromatic rings. The van der Waals surface area contributed by atoms with Crippen LogP contribution in [0.5, 0.6) is 5.75 Å². The van der Waals surface area contributed by atoms with Crippen LogP contribution in [0.25, 0.3) is 0 Å². The van der Waals surface area contributed by atoms with Gasteiger partial charge in [0.2, 0.25) is 0 Å². The molecule has 1 saturated carbocycles. The summed E-state index contributed by atoms with van der Waals surface area (Å²) in [5, 5.41) is 2.93. The SMILES string of the molecule is O=C1NC2(CCCCCC2)C(=O)N1CCCOc1ccc(F)cc1. The summed E-state index contributed by atoms with van der Waals surface area (Å²) in [6, 6.07) is 5.50. The molecule has 1 aliphatic heterocycles. The number of urea groups is 1. The smallest absolute Gasteiger partial charge is 0.325 e. The van der Waals surface area contributed by atoms with Crippen molar-refractivity contribution in [2.24, 2.45) is 0 Å². The standard InChI is InChI=1S/C18H23FN2O3/c19-14-6-8-15(9-7-14)24-13-5-12-21-16(22)18(20-17(21)23)10-3-1-2-4-11-18/h6-9H,1-5,10-13H2,(H,20,23). The van der Waals surface area contributed by atoms with E-state index < -0.39 is 5.54 Å².